The van der Waals surface area contributed by atoms with Gasteiger partial charge in [-0.2, -0.15) is 0 Å². The summed E-state index contributed by atoms with van der Waals surface area (Å²) < 4.78 is 0. The Hall–Kier alpha value is -0.0800. The molecule has 0 radical (unpaired) electrons. The van der Waals surface area contributed by atoms with Gasteiger partial charge in [-0.15, -0.1) is 0 Å². The van der Waals surface area contributed by atoms with Crippen LogP contribution in [-0.4, -0.2) is 36.1 Å². The van der Waals surface area contributed by atoms with E-state index in [-0.39, 0.29) is 0 Å². The Morgan fingerprint density at radius 1 is 1.25 bits per heavy atom. The summed E-state index contributed by atoms with van der Waals surface area (Å²) in [5.74, 6) is 0.870. The molecule has 1 atom stereocenters. The molecule has 1 N–H and O–H groups in total. The van der Waals surface area contributed by atoms with Gasteiger partial charge in [-0.05, 0) is 26.2 Å². The van der Waals surface area contributed by atoms with Crippen molar-refractivity contribution in [3.8, 4) is 0 Å². The number of piperazine rings is 1. The van der Waals surface area contributed by atoms with Crippen molar-refractivity contribution in [2.24, 2.45) is 5.92 Å². The Labute approximate surface area is 102 Å². The average Bonchev–Trinajstić information content (AvgIpc) is 2.27. The monoisotopic (exact) mass is 226 g/mol. The second kappa shape index (κ2) is 6.02. The normalized spacial score (nSPS) is 26.2. The maximum Gasteiger partial charge on any atom is 0.0278 e. The van der Waals surface area contributed by atoms with Crippen LogP contribution in [0.4, 0.5) is 0 Å². The molecule has 1 aliphatic rings. The summed E-state index contributed by atoms with van der Waals surface area (Å²) in [6.45, 7) is 15.3. The first-order chi connectivity index (χ1) is 7.53. The van der Waals surface area contributed by atoms with Gasteiger partial charge in [-0.1, -0.05) is 33.6 Å². The van der Waals surface area contributed by atoms with E-state index < -0.39 is 0 Å². The lowest BCUT2D eigenvalue weighted by Gasteiger charge is -2.47. The zero-order valence-electron chi connectivity index (χ0n) is 11.8. The van der Waals surface area contributed by atoms with Crippen LogP contribution in [0.15, 0.2) is 0 Å². The fourth-order valence-electron chi connectivity index (χ4n) is 2.54. The predicted molar refractivity (Wildman–Crippen MR) is 71.8 cm³/mol. The van der Waals surface area contributed by atoms with Crippen molar-refractivity contribution in [1.82, 2.24) is 10.2 Å². The number of hydrogen-bond acceptors (Lipinski definition) is 2. The van der Waals surface area contributed by atoms with Crippen LogP contribution in [0.25, 0.3) is 0 Å². The third-order valence-corrected chi connectivity index (χ3v) is 4.25. The number of hydrogen-bond donors (Lipinski definition) is 1. The highest BCUT2D eigenvalue weighted by atomic mass is 15.3. The van der Waals surface area contributed by atoms with Crippen molar-refractivity contribution < 1.29 is 0 Å². The summed E-state index contributed by atoms with van der Waals surface area (Å²) in [5, 5.41) is 3.66. The van der Waals surface area contributed by atoms with E-state index in [0.717, 1.165) is 12.5 Å². The molecule has 0 aromatic heterocycles. The van der Waals surface area contributed by atoms with Gasteiger partial charge in [0.15, 0.2) is 0 Å². The largest absolute Gasteiger partial charge is 0.311 e. The maximum absolute atomic E-state index is 3.66. The van der Waals surface area contributed by atoms with Gasteiger partial charge in [0.2, 0.25) is 0 Å². The fourth-order valence-corrected chi connectivity index (χ4v) is 2.54. The summed E-state index contributed by atoms with van der Waals surface area (Å²) in [4.78, 5) is 2.70. The van der Waals surface area contributed by atoms with Crippen LogP contribution < -0.4 is 5.32 Å². The number of nitrogens with one attached hydrogen (secondary N) is 1. The number of rotatable bonds is 5. The Morgan fingerprint density at radius 2 is 1.88 bits per heavy atom. The van der Waals surface area contributed by atoms with Crippen molar-refractivity contribution >= 4 is 0 Å². The van der Waals surface area contributed by atoms with Crippen LogP contribution in [-0.2, 0) is 0 Å². The first-order valence-electron chi connectivity index (χ1n) is 7.01. The summed E-state index contributed by atoms with van der Waals surface area (Å²) in [5.41, 5.74) is 0.328. The predicted octanol–water partition coefficient (Wildman–Crippen LogP) is 2.89. The zero-order valence-corrected chi connectivity index (χ0v) is 11.8. The summed E-state index contributed by atoms with van der Waals surface area (Å²) in [6.07, 6.45) is 3.87. The van der Waals surface area contributed by atoms with E-state index >= 15 is 0 Å². The third kappa shape index (κ3) is 3.46. The molecule has 1 saturated heterocycles. The molecule has 1 fully saturated rings. The van der Waals surface area contributed by atoms with Gasteiger partial charge in [-0.25, -0.2) is 0 Å². The van der Waals surface area contributed by atoms with E-state index in [2.05, 4.69) is 44.8 Å². The minimum absolute atomic E-state index is 0.328. The lowest BCUT2D eigenvalue weighted by Crippen LogP contribution is -2.62. The molecule has 2 nitrogen and oxygen atoms in total. The molecule has 1 rings (SSSR count). The molecule has 0 aromatic carbocycles. The Kier molecular flexibility index (Phi) is 5.26. The van der Waals surface area contributed by atoms with Crippen LogP contribution in [0, 0.1) is 5.92 Å². The molecule has 0 aliphatic carbocycles. The van der Waals surface area contributed by atoms with Crippen molar-refractivity contribution in [2.75, 3.05) is 19.6 Å². The molecule has 0 bridgehead atoms. The molecular formula is C14H30N2. The van der Waals surface area contributed by atoms with E-state index in [9.17, 15) is 0 Å². The highest BCUT2D eigenvalue weighted by Crippen LogP contribution is 2.22. The lowest BCUT2D eigenvalue weighted by atomic mass is 9.93. The van der Waals surface area contributed by atoms with Gasteiger partial charge in [0.25, 0.3) is 0 Å². The van der Waals surface area contributed by atoms with Gasteiger partial charge in [0.05, 0.1) is 0 Å². The van der Waals surface area contributed by atoms with E-state index in [1.165, 1.54) is 32.4 Å². The standard InChI is InChI=1S/C14H30N2/c1-6-12(7-2)9-16-10-13(8-3)15-11-14(16,4)5/h12-13,15H,6-11H2,1-5H3. The van der Waals surface area contributed by atoms with Crippen LogP contribution in [0.3, 0.4) is 0 Å². The molecular weight excluding hydrogens is 196 g/mol. The Balaban J connectivity index is 2.58. The van der Waals surface area contributed by atoms with Crippen molar-refractivity contribution in [3.05, 3.63) is 0 Å². The SMILES string of the molecule is CCC(CC)CN1CC(CC)NCC1(C)C. The summed E-state index contributed by atoms with van der Waals surface area (Å²) in [6, 6.07) is 0.697. The maximum atomic E-state index is 3.66. The molecule has 1 heterocycles. The molecule has 0 aromatic rings. The Bertz CT molecular complexity index is 197. The molecule has 16 heavy (non-hydrogen) atoms. The molecule has 0 spiro atoms. The highest BCUT2D eigenvalue weighted by molar-refractivity contribution is 4.92. The average molecular weight is 226 g/mol. The molecule has 2 heteroatoms. The summed E-state index contributed by atoms with van der Waals surface area (Å²) in [7, 11) is 0. The smallest absolute Gasteiger partial charge is 0.0278 e. The van der Waals surface area contributed by atoms with E-state index in [0.29, 0.717) is 11.6 Å². The molecule has 0 amide bonds. The first-order valence-corrected chi connectivity index (χ1v) is 7.01. The molecule has 1 unspecified atom stereocenters. The van der Waals surface area contributed by atoms with Crippen LogP contribution in [0.1, 0.15) is 53.9 Å². The van der Waals surface area contributed by atoms with Gasteiger partial charge >= 0.3 is 0 Å². The van der Waals surface area contributed by atoms with Crippen LogP contribution in [0.5, 0.6) is 0 Å². The van der Waals surface area contributed by atoms with Crippen molar-refractivity contribution in [3.63, 3.8) is 0 Å². The van der Waals surface area contributed by atoms with Gasteiger partial charge in [0, 0.05) is 31.2 Å². The highest BCUT2D eigenvalue weighted by Gasteiger charge is 2.33. The van der Waals surface area contributed by atoms with E-state index in [1.807, 2.05) is 0 Å². The second-order valence-corrected chi connectivity index (χ2v) is 5.89. The summed E-state index contributed by atoms with van der Waals surface area (Å²) >= 11 is 0. The second-order valence-electron chi connectivity index (χ2n) is 5.89. The van der Waals surface area contributed by atoms with E-state index in [4.69, 9.17) is 0 Å². The molecule has 1 aliphatic heterocycles. The van der Waals surface area contributed by atoms with Crippen LogP contribution in [0.2, 0.25) is 0 Å². The van der Waals surface area contributed by atoms with Crippen molar-refractivity contribution in [1.29, 1.82) is 0 Å². The first kappa shape index (κ1) is 14.0. The van der Waals surface area contributed by atoms with Crippen molar-refractivity contribution in [2.45, 2.75) is 65.5 Å². The number of nitrogens with zero attached hydrogens (tertiary/aromatic N) is 1. The van der Waals surface area contributed by atoms with Crippen LogP contribution >= 0.6 is 0 Å². The van der Waals surface area contributed by atoms with Gasteiger partial charge < -0.3 is 5.32 Å². The zero-order chi connectivity index (χ0) is 12.2. The minimum atomic E-state index is 0.328. The van der Waals surface area contributed by atoms with Gasteiger partial charge in [0.1, 0.15) is 0 Å². The minimum Gasteiger partial charge on any atom is -0.311 e. The molecule has 0 saturated carbocycles. The fraction of sp³-hybridized carbons (Fsp3) is 1.00. The van der Waals surface area contributed by atoms with Gasteiger partial charge in [-0.3, -0.25) is 4.90 Å². The van der Waals surface area contributed by atoms with E-state index in [1.54, 1.807) is 0 Å². The Morgan fingerprint density at radius 3 is 2.38 bits per heavy atom. The molecule has 96 valence electrons. The third-order valence-electron chi connectivity index (χ3n) is 4.25. The topological polar surface area (TPSA) is 15.3 Å². The lowest BCUT2D eigenvalue weighted by molar-refractivity contribution is 0.0484. The quantitative estimate of drug-likeness (QED) is 0.775.